The molecule has 4 rings (SSSR count). The Balaban J connectivity index is 1.68. The van der Waals surface area contributed by atoms with E-state index in [1.54, 1.807) is 73.7 Å². The van der Waals surface area contributed by atoms with Crippen LogP contribution >= 0.6 is 23.2 Å². The molecule has 0 heterocycles. The van der Waals surface area contributed by atoms with Crippen molar-refractivity contribution in [1.29, 1.82) is 0 Å². The first-order valence-electron chi connectivity index (χ1n) is 12.8. The lowest BCUT2D eigenvalue weighted by Crippen LogP contribution is -2.52. The Labute approximate surface area is 239 Å². The Hall–Kier alpha value is -3.07. The van der Waals surface area contributed by atoms with Gasteiger partial charge in [0.2, 0.25) is 11.8 Å². The number of benzene rings is 3. The molecule has 1 fully saturated rings. The molecule has 0 aliphatic heterocycles. The van der Waals surface area contributed by atoms with Crippen LogP contribution in [0.15, 0.2) is 83.8 Å². The van der Waals surface area contributed by atoms with Gasteiger partial charge in [-0.05, 0) is 61.7 Å². The first-order valence-corrected chi connectivity index (χ1v) is 15.0. The maximum absolute atomic E-state index is 13.9. The van der Waals surface area contributed by atoms with E-state index in [9.17, 15) is 18.0 Å². The van der Waals surface area contributed by atoms with Crippen LogP contribution in [0.25, 0.3) is 0 Å². The molecule has 3 aromatic rings. The highest BCUT2D eigenvalue weighted by atomic mass is 35.5. The lowest BCUT2D eigenvalue weighted by Gasteiger charge is -2.32. The summed E-state index contributed by atoms with van der Waals surface area (Å²) in [6.45, 7) is 1.20. The van der Waals surface area contributed by atoms with Crippen molar-refractivity contribution in [3.8, 4) is 0 Å². The number of halogens is 2. The van der Waals surface area contributed by atoms with Gasteiger partial charge >= 0.3 is 0 Å². The normalized spacial score (nSPS) is 14.5. The van der Waals surface area contributed by atoms with Crippen LogP contribution in [0.2, 0.25) is 10.0 Å². The lowest BCUT2D eigenvalue weighted by molar-refractivity contribution is -0.139. The molecule has 7 nitrogen and oxygen atoms in total. The molecular weight excluding hydrogens is 557 g/mol. The Morgan fingerprint density at radius 1 is 0.923 bits per heavy atom. The van der Waals surface area contributed by atoms with Crippen LogP contribution in [0.1, 0.15) is 38.2 Å². The van der Waals surface area contributed by atoms with E-state index in [0.717, 1.165) is 35.6 Å². The molecule has 1 saturated carbocycles. The summed E-state index contributed by atoms with van der Waals surface area (Å²) in [4.78, 5) is 28.6. The average molecular weight is 589 g/mol. The number of hydrogen-bond donors (Lipinski definition) is 1. The van der Waals surface area contributed by atoms with E-state index in [4.69, 9.17) is 23.2 Å². The monoisotopic (exact) mass is 587 g/mol. The fourth-order valence-corrected chi connectivity index (χ4v) is 6.52. The van der Waals surface area contributed by atoms with Gasteiger partial charge in [-0.1, -0.05) is 78.5 Å². The van der Waals surface area contributed by atoms with Gasteiger partial charge in [0.1, 0.15) is 12.6 Å². The van der Waals surface area contributed by atoms with Crippen LogP contribution in [0.4, 0.5) is 5.69 Å². The molecule has 0 saturated heterocycles. The molecule has 2 amide bonds. The maximum atomic E-state index is 13.9. The van der Waals surface area contributed by atoms with Crippen LogP contribution in [0.3, 0.4) is 0 Å². The fraction of sp³-hybridized carbons (Fsp3) is 0.310. The van der Waals surface area contributed by atoms with Crippen LogP contribution in [0.5, 0.6) is 0 Å². The molecule has 1 N–H and O–H groups in total. The molecule has 206 valence electrons. The lowest BCUT2D eigenvalue weighted by atomic mass is 10.1. The zero-order valence-electron chi connectivity index (χ0n) is 21.6. The van der Waals surface area contributed by atoms with Crippen molar-refractivity contribution in [2.75, 3.05) is 10.8 Å². The third-order valence-electron chi connectivity index (χ3n) is 6.87. The zero-order valence-corrected chi connectivity index (χ0v) is 23.9. The number of rotatable bonds is 10. The standard InChI is InChI=1S/C29H31Cl2N3O4S/c1-21(29(36)32-24-9-5-6-10-24)33(19-22-15-17-23(30)18-16-22)28(35)20-34(27-14-8-7-13-26(27)31)39(37,38)25-11-3-2-4-12-25/h2-4,7-8,11-18,21,24H,5-6,9-10,19-20H2,1H3,(H,32,36). The number of amides is 2. The highest BCUT2D eigenvalue weighted by molar-refractivity contribution is 7.92. The maximum Gasteiger partial charge on any atom is 0.264 e. The number of para-hydroxylation sites is 1. The minimum atomic E-state index is -4.16. The summed E-state index contributed by atoms with van der Waals surface area (Å²) in [5.74, 6) is -0.821. The van der Waals surface area contributed by atoms with Crippen LogP contribution in [-0.2, 0) is 26.2 Å². The Morgan fingerprint density at radius 2 is 1.54 bits per heavy atom. The van der Waals surface area contributed by atoms with E-state index in [0.29, 0.717) is 5.02 Å². The van der Waals surface area contributed by atoms with E-state index < -0.39 is 28.5 Å². The molecule has 0 spiro atoms. The van der Waals surface area contributed by atoms with Crippen molar-refractivity contribution in [1.82, 2.24) is 10.2 Å². The van der Waals surface area contributed by atoms with E-state index in [1.807, 2.05) is 0 Å². The van der Waals surface area contributed by atoms with Crippen molar-refractivity contribution in [3.05, 3.63) is 94.5 Å². The van der Waals surface area contributed by atoms with Crippen LogP contribution < -0.4 is 9.62 Å². The summed E-state index contributed by atoms with van der Waals surface area (Å²) < 4.78 is 28.6. The first-order chi connectivity index (χ1) is 18.7. The number of carbonyl (C=O) groups is 2. The molecule has 3 aromatic carbocycles. The molecule has 1 aliphatic rings. The fourth-order valence-electron chi connectivity index (χ4n) is 4.65. The van der Waals surface area contributed by atoms with Gasteiger partial charge in [0, 0.05) is 17.6 Å². The molecule has 1 atom stereocenters. The quantitative estimate of drug-likeness (QED) is 0.331. The average Bonchev–Trinajstić information content (AvgIpc) is 3.45. The minimum absolute atomic E-state index is 0.0222. The molecule has 1 unspecified atom stereocenters. The summed E-state index contributed by atoms with van der Waals surface area (Å²) in [5, 5.41) is 3.78. The number of anilines is 1. The van der Waals surface area contributed by atoms with Crippen molar-refractivity contribution in [2.45, 2.75) is 56.1 Å². The van der Waals surface area contributed by atoms with E-state index in [-0.39, 0.29) is 34.1 Å². The number of nitrogens with zero attached hydrogens (tertiary/aromatic N) is 2. The van der Waals surface area contributed by atoms with Gasteiger partial charge in [0.05, 0.1) is 15.6 Å². The second-order valence-corrected chi connectivity index (χ2v) is 12.3. The van der Waals surface area contributed by atoms with Gasteiger partial charge in [-0.2, -0.15) is 0 Å². The molecule has 10 heteroatoms. The Bertz CT molecular complexity index is 1400. The Morgan fingerprint density at radius 3 is 2.18 bits per heavy atom. The minimum Gasteiger partial charge on any atom is -0.352 e. The topological polar surface area (TPSA) is 86.8 Å². The summed E-state index contributed by atoms with van der Waals surface area (Å²) in [6.07, 6.45) is 3.91. The van der Waals surface area contributed by atoms with Gasteiger partial charge in [0.25, 0.3) is 10.0 Å². The number of hydrogen-bond acceptors (Lipinski definition) is 4. The van der Waals surface area contributed by atoms with Crippen molar-refractivity contribution >= 4 is 50.7 Å². The zero-order chi connectivity index (χ0) is 28.0. The highest BCUT2D eigenvalue weighted by Gasteiger charge is 2.34. The van der Waals surface area contributed by atoms with Gasteiger partial charge in [-0.25, -0.2) is 8.42 Å². The van der Waals surface area contributed by atoms with E-state index in [2.05, 4.69) is 5.32 Å². The summed E-state index contributed by atoms with van der Waals surface area (Å²) in [6, 6.07) is 20.5. The smallest absolute Gasteiger partial charge is 0.264 e. The van der Waals surface area contributed by atoms with Gasteiger partial charge in [0.15, 0.2) is 0 Å². The van der Waals surface area contributed by atoms with E-state index >= 15 is 0 Å². The molecule has 0 radical (unpaired) electrons. The van der Waals surface area contributed by atoms with Crippen molar-refractivity contribution in [2.24, 2.45) is 0 Å². The predicted molar refractivity (Wildman–Crippen MR) is 154 cm³/mol. The second-order valence-electron chi connectivity index (χ2n) is 9.59. The number of sulfonamides is 1. The highest BCUT2D eigenvalue weighted by Crippen LogP contribution is 2.30. The van der Waals surface area contributed by atoms with E-state index in [1.165, 1.54) is 17.0 Å². The SMILES string of the molecule is CC(C(=O)NC1CCCC1)N(Cc1ccc(Cl)cc1)C(=O)CN(c1ccccc1Cl)S(=O)(=O)c1ccccc1. The van der Waals surface area contributed by atoms with Gasteiger partial charge in [-0.3, -0.25) is 13.9 Å². The van der Waals surface area contributed by atoms with Gasteiger partial charge < -0.3 is 10.2 Å². The van der Waals surface area contributed by atoms with Crippen LogP contribution in [0, 0.1) is 0 Å². The number of nitrogens with one attached hydrogen (secondary N) is 1. The van der Waals surface area contributed by atoms with Crippen molar-refractivity contribution in [3.63, 3.8) is 0 Å². The first kappa shape index (κ1) is 28.9. The summed E-state index contributed by atoms with van der Waals surface area (Å²) >= 11 is 12.5. The largest absolute Gasteiger partial charge is 0.352 e. The molecule has 1 aliphatic carbocycles. The van der Waals surface area contributed by atoms with Gasteiger partial charge in [-0.15, -0.1) is 0 Å². The third kappa shape index (κ3) is 7.12. The molecule has 39 heavy (non-hydrogen) atoms. The molecule has 0 aromatic heterocycles. The van der Waals surface area contributed by atoms with Crippen LogP contribution in [-0.4, -0.2) is 43.8 Å². The van der Waals surface area contributed by atoms with Crippen molar-refractivity contribution < 1.29 is 18.0 Å². The number of carbonyl (C=O) groups excluding carboxylic acids is 2. The third-order valence-corrected chi connectivity index (χ3v) is 9.21. The molecule has 0 bridgehead atoms. The predicted octanol–water partition coefficient (Wildman–Crippen LogP) is 5.66. The molecular formula is C29H31Cl2N3O4S. The second kappa shape index (κ2) is 12.9. The Kier molecular flexibility index (Phi) is 9.53. The summed E-state index contributed by atoms with van der Waals surface area (Å²) in [7, 11) is -4.16. The summed E-state index contributed by atoms with van der Waals surface area (Å²) in [5.41, 5.74) is 0.925.